The van der Waals surface area contributed by atoms with E-state index in [4.69, 9.17) is 12.2 Å². The second-order valence-electron chi connectivity index (χ2n) is 3.47. The van der Waals surface area contributed by atoms with Gasteiger partial charge in [0.1, 0.15) is 5.69 Å². The molecule has 0 fully saturated rings. The molecule has 2 rings (SSSR count). The van der Waals surface area contributed by atoms with E-state index in [-0.39, 0.29) is 0 Å². The third-order valence-corrected chi connectivity index (χ3v) is 2.56. The van der Waals surface area contributed by atoms with Crippen molar-refractivity contribution < 1.29 is 13.2 Å². The summed E-state index contributed by atoms with van der Waals surface area (Å²) in [6.07, 6.45) is -1.59. The zero-order valence-electron chi connectivity index (χ0n) is 8.75. The Labute approximate surface area is 99.9 Å². The van der Waals surface area contributed by atoms with Crippen LogP contribution >= 0.6 is 12.2 Å². The summed E-state index contributed by atoms with van der Waals surface area (Å²) >= 11 is 5.02. The number of aromatic amines is 1. The number of pyridine rings is 1. The number of hydrogen-bond acceptors (Lipinski definition) is 2. The van der Waals surface area contributed by atoms with E-state index in [1.54, 1.807) is 17.7 Å². The Morgan fingerprint density at radius 1 is 1.35 bits per heavy atom. The highest BCUT2D eigenvalue weighted by Gasteiger charge is 2.32. The Bertz CT molecular complexity index is 580. The zero-order chi connectivity index (χ0) is 12.6. The highest BCUT2D eigenvalue weighted by Crippen LogP contribution is 2.27. The van der Waals surface area contributed by atoms with E-state index in [0.29, 0.717) is 10.5 Å². The van der Waals surface area contributed by atoms with Crippen LogP contribution < -0.4 is 0 Å². The lowest BCUT2D eigenvalue weighted by molar-refractivity contribution is -0.141. The maximum absolute atomic E-state index is 12.3. The van der Waals surface area contributed by atoms with Crippen molar-refractivity contribution in [3.8, 4) is 5.69 Å². The first-order chi connectivity index (χ1) is 7.89. The summed E-state index contributed by atoms with van der Waals surface area (Å²) < 4.78 is 39.0. The van der Waals surface area contributed by atoms with E-state index < -0.39 is 11.9 Å². The van der Waals surface area contributed by atoms with Gasteiger partial charge in [-0.2, -0.15) is 13.2 Å². The minimum atomic E-state index is -4.42. The van der Waals surface area contributed by atoms with Gasteiger partial charge in [-0.15, -0.1) is 0 Å². The molecule has 0 aliphatic heterocycles. The highest BCUT2D eigenvalue weighted by molar-refractivity contribution is 7.71. The number of alkyl halides is 3. The molecule has 0 saturated heterocycles. The van der Waals surface area contributed by atoms with Crippen LogP contribution in [0.2, 0.25) is 0 Å². The van der Waals surface area contributed by atoms with Gasteiger partial charge >= 0.3 is 6.18 Å². The SMILES string of the molecule is Cc1c[nH]c(=S)n1-c1ccc(C(F)(F)F)nc1. The fourth-order valence-corrected chi connectivity index (χ4v) is 1.77. The summed E-state index contributed by atoms with van der Waals surface area (Å²) in [6.45, 7) is 1.80. The molecule has 0 radical (unpaired) electrons. The van der Waals surface area contributed by atoms with Crippen molar-refractivity contribution in [3.05, 3.63) is 40.7 Å². The van der Waals surface area contributed by atoms with Gasteiger partial charge in [0.2, 0.25) is 0 Å². The Balaban J connectivity index is 2.47. The molecule has 2 heterocycles. The van der Waals surface area contributed by atoms with Crippen LogP contribution in [0, 0.1) is 11.7 Å². The van der Waals surface area contributed by atoms with E-state index in [0.717, 1.165) is 18.0 Å². The number of H-pyrrole nitrogens is 1. The zero-order valence-corrected chi connectivity index (χ0v) is 9.56. The molecule has 2 aromatic heterocycles. The lowest BCUT2D eigenvalue weighted by atomic mass is 10.3. The fourth-order valence-electron chi connectivity index (χ4n) is 1.46. The van der Waals surface area contributed by atoms with Gasteiger partial charge < -0.3 is 4.98 Å². The lowest BCUT2D eigenvalue weighted by Crippen LogP contribution is -2.08. The maximum Gasteiger partial charge on any atom is 0.433 e. The fraction of sp³-hybridized carbons (Fsp3) is 0.200. The first kappa shape index (κ1) is 11.8. The molecule has 1 N–H and O–H groups in total. The lowest BCUT2D eigenvalue weighted by Gasteiger charge is -2.08. The van der Waals surface area contributed by atoms with Crippen LogP contribution in [-0.2, 0) is 6.18 Å². The number of imidazole rings is 1. The molecule has 0 amide bonds. The van der Waals surface area contributed by atoms with Crippen LogP contribution in [0.25, 0.3) is 5.69 Å². The second kappa shape index (κ2) is 3.99. The minimum Gasteiger partial charge on any atom is -0.337 e. The molecule has 0 unspecified atom stereocenters. The molecule has 90 valence electrons. The van der Waals surface area contributed by atoms with Crippen LogP contribution in [0.3, 0.4) is 0 Å². The van der Waals surface area contributed by atoms with Crippen LogP contribution in [0.1, 0.15) is 11.4 Å². The molecule has 17 heavy (non-hydrogen) atoms. The van der Waals surface area contributed by atoms with Crippen molar-refractivity contribution in [3.63, 3.8) is 0 Å². The second-order valence-corrected chi connectivity index (χ2v) is 3.86. The van der Waals surface area contributed by atoms with Gasteiger partial charge in [0, 0.05) is 11.9 Å². The van der Waals surface area contributed by atoms with E-state index in [1.165, 1.54) is 6.07 Å². The van der Waals surface area contributed by atoms with Crippen LogP contribution in [-0.4, -0.2) is 14.5 Å². The molecule has 7 heteroatoms. The Morgan fingerprint density at radius 2 is 2.06 bits per heavy atom. The van der Waals surface area contributed by atoms with Gasteiger partial charge in [-0.3, -0.25) is 4.57 Å². The van der Waals surface area contributed by atoms with Crippen molar-refractivity contribution in [2.75, 3.05) is 0 Å². The number of nitrogens with one attached hydrogen (secondary N) is 1. The number of halogens is 3. The summed E-state index contributed by atoms with van der Waals surface area (Å²) in [5, 5.41) is 0. The van der Waals surface area contributed by atoms with Crippen LogP contribution in [0.5, 0.6) is 0 Å². The largest absolute Gasteiger partial charge is 0.433 e. The number of aryl methyl sites for hydroxylation is 1. The summed E-state index contributed by atoms with van der Waals surface area (Å²) in [6, 6.07) is 2.27. The normalized spacial score (nSPS) is 11.8. The Morgan fingerprint density at radius 3 is 2.47 bits per heavy atom. The van der Waals surface area contributed by atoms with Crippen molar-refractivity contribution >= 4 is 12.2 Å². The smallest absolute Gasteiger partial charge is 0.337 e. The van der Waals surface area contributed by atoms with E-state index in [2.05, 4.69) is 9.97 Å². The third kappa shape index (κ3) is 2.23. The molecule has 3 nitrogen and oxygen atoms in total. The van der Waals surface area contributed by atoms with Crippen LogP contribution in [0.15, 0.2) is 24.5 Å². The quantitative estimate of drug-likeness (QED) is 0.797. The van der Waals surface area contributed by atoms with Crippen molar-refractivity contribution in [1.82, 2.24) is 14.5 Å². The topological polar surface area (TPSA) is 33.6 Å². The average molecular weight is 259 g/mol. The molecule has 0 saturated carbocycles. The molecular formula is C10H8F3N3S. The van der Waals surface area contributed by atoms with E-state index in [1.807, 2.05) is 0 Å². The summed E-state index contributed by atoms with van der Waals surface area (Å²) in [4.78, 5) is 6.19. The number of aromatic nitrogens is 3. The van der Waals surface area contributed by atoms with Gasteiger partial charge in [-0.25, -0.2) is 4.98 Å². The van der Waals surface area contributed by atoms with Crippen molar-refractivity contribution in [1.29, 1.82) is 0 Å². The van der Waals surface area contributed by atoms with Gasteiger partial charge in [0.25, 0.3) is 0 Å². The maximum atomic E-state index is 12.3. The first-order valence-corrected chi connectivity index (χ1v) is 5.11. The number of nitrogens with zero attached hydrogens (tertiary/aromatic N) is 2. The summed E-state index contributed by atoms with van der Waals surface area (Å²) in [7, 11) is 0. The predicted molar refractivity (Wildman–Crippen MR) is 58.5 cm³/mol. The number of rotatable bonds is 1. The molecular weight excluding hydrogens is 251 g/mol. The van der Waals surface area contributed by atoms with E-state index in [9.17, 15) is 13.2 Å². The van der Waals surface area contributed by atoms with Gasteiger partial charge in [0.05, 0.1) is 11.9 Å². The van der Waals surface area contributed by atoms with Gasteiger partial charge in [0.15, 0.2) is 4.77 Å². The van der Waals surface area contributed by atoms with Crippen LogP contribution in [0.4, 0.5) is 13.2 Å². The highest BCUT2D eigenvalue weighted by atomic mass is 32.1. The predicted octanol–water partition coefficient (Wildman–Crippen LogP) is 3.26. The number of hydrogen-bond donors (Lipinski definition) is 1. The van der Waals surface area contributed by atoms with Crippen molar-refractivity contribution in [2.45, 2.75) is 13.1 Å². The monoisotopic (exact) mass is 259 g/mol. The molecule has 2 aromatic rings. The van der Waals surface area contributed by atoms with E-state index >= 15 is 0 Å². The van der Waals surface area contributed by atoms with Gasteiger partial charge in [-0.1, -0.05) is 0 Å². The standard InChI is InChI=1S/C10H8F3N3S/c1-6-4-15-9(17)16(6)7-2-3-8(14-5-7)10(11,12)13/h2-5H,1H3,(H,15,17). The molecule has 0 atom stereocenters. The van der Waals surface area contributed by atoms with Crippen molar-refractivity contribution in [2.24, 2.45) is 0 Å². The molecule has 0 aromatic carbocycles. The molecule has 0 aliphatic carbocycles. The summed E-state index contributed by atoms with van der Waals surface area (Å²) in [5.41, 5.74) is 0.388. The molecule has 0 spiro atoms. The minimum absolute atomic E-state index is 0.420. The average Bonchev–Trinajstić information content (AvgIpc) is 2.58. The third-order valence-electron chi connectivity index (χ3n) is 2.26. The summed E-state index contributed by atoms with van der Waals surface area (Å²) in [5.74, 6) is 0. The molecule has 0 aliphatic rings. The Kier molecular flexibility index (Phi) is 2.78. The van der Waals surface area contributed by atoms with Gasteiger partial charge in [-0.05, 0) is 31.3 Å². The Hall–Kier alpha value is -1.63. The first-order valence-electron chi connectivity index (χ1n) is 4.70. The molecule has 0 bridgehead atoms.